The number of nitrogens with one attached hydrogen (secondary N) is 1. The van der Waals surface area contributed by atoms with Crippen LogP contribution in [0.25, 0.3) is 0 Å². The lowest BCUT2D eigenvalue weighted by Gasteiger charge is -2.10. The molecule has 0 spiro atoms. The highest BCUT2D eigenvalue weighted by Crippen LogP contribution is 2.12. The minimum Gasteiger partial charge on any atom is -0.444 e. The SMILES string of the molecule is Cc1cnc(C(C)NCCCCc2ccccc2)o1. The van der Waals surface area contributed by atoms with E-state index in [4.69, 9.17) is 4.42 Å². The summed E-state index contributed by atoms with van der Waals surface area (Å²) in [6.07, 6.45) is 5.28. The molecule has 1 aromatic carbocycles. The largest absolute Gasteiger partial charge is 0.444 e. The molecule has 0 radical (unpaired) electrons. The molecule has 1 atom stereocenters. The maximum atomic E-state index is 5.50. The maximum absolute atomic E-state index is 5.50. The fourth-order valence-electron chi connectivity index (χ4n) is 2.08. The van der Waals surface area contributed by atoms with Gasteiger partial charge in [-0.3, -0.25) is 0 Å². The summed E-state index contributed by atoms with van der Waals surface area (Å²) in [5.74, 6) is 1.65. The number of aryl methyl sites for hydroxylation is 2. The Bertz CT molecular complexity index is 479. The summed E-state index contributed by atoms with van der Waals surface area (Å²) in [7, 11) is 0. The van der Waals surface area contributed by atoms with E-state index in [0.717, 1.165) is 24.6 Å². The topological polar surface area (TPSA) is 38.1 Å². The zero-order chi connectivity index (χ0) is 13.5. The van der Waals surface area contributed by atoms with Crippen LogP contribution in [0.1, 0.15) is 43.0 Å². The van der Waals surface area contributed by atoms with Crippen molar-refractivity contribution >= 4 is 0 Å². The number of hydrogen-bond donors (Lipinski definition) is 1. The number of aromatic nitrogens is 1. The fourth-order valence-corrected chi connectivity index (χ4v) is 2.08. The Labute approximate surface area is 115 Å². The Kier molecular flexibility index (Phi) is 5.16. The van der Waals surface area contributed by atoms with Crippen molar-refractivity contribution in [2.24, 2.45) is 0 Å². The lowest BCUT2D eigenvalue weighted by Crippen LogP contribution is -2.20. The van der Waals surface area contributed by atoms with Crippen molar-refractivity contribution in [3.63, 3.8) is 0 Å². The van der Waals surface area contributed by atoms with Gasteiger partial charge in [0.15, 0.2) is 0 Å². The molecule has 0 fully saturated rings. The van der Waals surface area contributed by atoms with Crippen LogP contribution in [0.3, 0.4) is 0 Å². The Balaban J connectivity index is 1.62. The van der Waals surface area contributed by atoms with Crippen LogP contribution in [0.5, 0.6) is 0 Å². The van der Waals surface area contributed by atoms with Gasteiger partial charge in [0.05, 0.1) is 12.2 Å². The zero-order valence-corrected chi connectivity index (χ0v) is 11.7. The molecule has 0 bridgehead atoms. The fraction of sp³-hybridized carbons (Fsp3) is 0.438. The lowest BCUT2D eigenvalue weighted by molar-refractivity contribution is 0.400. The van der Waals surface area contributed by atoms with Crippen molar-refractivity contribution in [1.82, 2.24) is 10.3 Å². The van der Waals surface area contributed by atoms with E-state index in [0.29, 0.717) is 0 Å². The van der Waals surface area contributed by atoms with Gasteiger partial charge in [0.25, 0.3) is 0 Å². The quantitative estimate of drug-likeness (QED) is 0.770. The van der Waals surface area contributed by atoms with E-state index in [-0.39, 0.29) is 6.04 Å². The third-order valence-electron chi connectivity index (χ3n) is 3.20. The van der Waals surface area contributed by atoms with E-state index in [9.17, 15) is 0 Å². The van der Waals surface area contributed by atoms with Crippen molar-refractivity contribution in [3.05, 3.63) is 53.7 Å². The molecule has 3 heteroatoms. The third kappa shape index (κ3) is 4.52. The maximum Gasteiger partial charge on any atom is 0.211 e. The standard InChI is InChI=1S/C16H22N2O/c1-13-12-18-16(19-13)14(2)17-11-7-6-10-15-8-4-3-5-9-15/h3-5,8-9,12,14,17H,6-7,10-11H2,1-2H3. The van der Waals surface area contributed by atoms with Gasteiger partial charge in [0.2, 0.25) is 5.89 Å². The molecule has 0 aliphatic carbocycles. The Morgan fingerprint density at radius 2 is 2.00 bits per heavy atom. The minimum atomic E-state index is 0.186. The van der Waals surface area contributed by atoms with Crippen LogP contribution in [-0.4, -0.2) is 11.5 Å². The first kappa shape index (κ1) is 13.8. The van der Waals surface area contributed by atoms with E-state index < -0.39 is 0 Å². The van der Waals surface area contributed by atoms with Crippen molar-refractivity contribution in [3.8, 4) is 0 Å². The van der Waals surface area contributed by atoms with E-state index in [1.54, 1.807) is 6.20 Å². The average molecular weight is 258 g/mol. The van der Waals surface area contributed by atoms with Gasteiger partial charge in [-0.1, -0.05) is 30.3 Å². The van der Waals surface area contributed by atoms with Crippen LogP contribution in [0.4, 0.5) is 0 Å². The van der Waals surface area contributed by atoms with E-state index in [1.807, 2.05) is 6.92 Å². The summed E-state index contributed by atoms with van der Waals surface area (Å²) in [4.78, 5) is 4.23. The molecule has 3 nitrogen and oxygen atoms in total. The monoisotopic (exact) mass is 258 g/mol. The van der Waals surface area contributed by atoms with Gasteiger partial charge in [-0.05, 0) is 45.2 Å². The second kappa shape index (κ2) is 7.10. The highest BCUT2D eigenvalue weighted by Gasteiger charge is 2.09. The van der Waals surface area contributed by atoms with Gasteiger partial charge < -0.3 is 9.73 Å². The van der Waals surface area contributed by atoms with Gasteiger partial charge in [0, 0.05) is 0 Å². The van der Waals surface area contributed by atoms with Gasteiger partial charge in [-0.15, -0.1) is 0 Å². The first-order valence-corrected chi connectivity index (χ1v) is 6.95. The number of nitrogens with zero attached hydrogens (tertiary/aromatic N) is 1. The van der Waals surface area contributed by atoms with Gasteiger partial charge in [-0.2, -0.15) is 0 Å². The van der Waals surface area contributed by atoms with E-state index in [1.165, 1.54) is 18.4 Å². The van der Waals surface area contributed by atoms with Gasteiger partial charge in [0.1, 0.15) is 5.76 Å². The minimum absolute atomic E-state index is 0.186. The second-order valence-corrected chi connectivity index (χ2v) is 4.93. The van der Waals surface area contributed by atoms with E-state index >= 15 is 0 Å². The molecule has 1 aromatic heterocycles. The Morgan fingerprint density at radius 3 is 2.68 bits per heavy atom. The van der Waals surface area contributed by atoms with Crippen LogP contribution < -0.4 is 5.32 Å². The zero-order valence-electron chi connectivity index (χ0n) is 11.7. The van der Waals surface area contributed by atoms with Gasteiger partial charge in [-0.25, -0.2) is 4.98 Å². The van der Waals surface area contributed by atoms with Crippen LogP contribution >= 0.6 is 0 Å². The molecule has 2 aromatic rings. The molecule has 1 heterocycles. The molecule has 0 saturated heterocycles. The van der Waals surface area contributed by atoms with Crippen molar-refractivity contribution < 1.29 is 4.42 Å². The highest BCUT2D eigenvalue weighted by molar-refractivity contribution is 5.14. The number of benzene rings is 1. The average Bonchev–Trinajstić information content (AvgIpc) is 2.86. The molecule has 0 saturated carbocycles. The predicted octanol–water partition coefficient (Wildman–Crippen LogP) is 3.66. The number of hydrogen-bond acceptors (Lipinski definition) is 3. The van der Waals surface area contributed by atoms with Crippen LogP contribution in [0.2, 0.25) is 0 Å². The summed E-state index contributed by atoms with van der Waals surface area (Å²) >= 11 is 0. The number of rotatable bonds is 7. The summed E-state index contributed by atoms with van der Waals surface area (Å²) in [5, 5.41) is 3.44. The molecule has 0 aliphatic rings. The smallest absolute Gasteiger partial charge is 0.211 e. The van der Waals surface area contributed by atoms with E-state index in [2.05, 4.69) is 47.6 Å². The van der Waals surface area contributed by atoms with Gasteiger partial charge >= 0.3 is 0 Å². The molecule has 1 unspecified atom stereocenters. The molecule has 0 aliphatic heterocycles. The number of oxazole rings is 1. The first-order valence-electron chi connectivity index (χ1n) is 6.95. The molecule has 2 rings (SSSR count). The molecule has 1 N–H and O–H groups in total. The normalized spacial score (nSPS) is 12.5. The predicted molar refractivity (Wildman–Crippen MR) is 77.0 cm³/mol. The van der Waals surface area contributed by atoms with Crippen LogP contribution in [0, 0.1) is 6.92 Å². The summed E-state index contributed by atoms with van der Waals surface area (Å²) < 4.78 is 5.50. The molecular formula is C16H22N2O. The second-order valence-electron chi connectivity index (χ2n) is 4.93. The molecule has 19 heavy (non-hydrogen) atoms. The Morgan fingerprint density at radius 1 is 1.21 bits per heavy atom. The van der Waals surface area contributed by atoms with Crippen molar-refractivity contribution in [2.45, 2.75) is 39.2 Å². The highest BCUT2D eigenvalue weighted by atomic mass is 16.4. The van der Waals surface area contributed by atoms with Crippen LogP contribution in [0.15, 0.2) is 40.9 Å². The van der Waals surface area contributed by atoms with Crippen molar-refractivity contribution in [2.75, 3.05) is 6.54 Å². The van der Waals surface area contributed by atoms with Crippen LogP contribution in [-0.2, 0) is 6.42 Å². The lowest BCUT2D eigenvalue weighted by atomic mass is 10.1. The van der Waals surface area contributed by atoms with Crippen molar-refractivity contribution in [1.29, 1.82) is 0 Å². The first-order chi connectivity index (χ1) is 9.25. The molecule has 0 amide bonds. The summed E-state index contributed by atoms with van der Waals surface area (Å²) in [6.45, 7) is 5.00. The number of unbranched alkanes of at least 4 members (excludes halogenated alkanes) is 1. The summed E-state index contributed by atoms with van der Waals surface area (Å²) in [5.41, 5.74) is 1.42. The third-order valence-corrected chi connectivity index (χ3v) is 3.20. The molecular weight excluding hydrogens is 236 g/mol. The molecule has 102 valence electrons. The Hall–Kier alpha value is -1.61. The summed E-state index contributed by atoms with van der Waals surface area (Å²) in [6, 6.07) is 10.8.